The molecule has 0 aliphatic carbocycles. The monoisotopic (exact) mass is 384 g/mol. The molecule has 0 amide bonds. The van der Waals surface area contributed by atoms with Gasteiger partial charge in [0.2, 0.25) is 0 Å². The van der Waals surface area contributed by atoms with Crippen molar-refractivity contribution in [2.24, 2.45) is 0 Å². The zero-order chi connectivity index (χ0) is 17.9. The van der Waals surface area contributed by atoms with E-state index in [4.69, 9.17) is 20.9 Å². The van der Waals surface area contributed by atoms with Gasteiger partial charge in [-0.2, -0.15) is 0 Å². The van der Waals surface area contributed by atoms with E-state index in [1.165, 1.54) is 11.3 Å². The van der Waals surface area contributed by atoms with Crippen LogP contribution in [0.2, 0.25) is 5.02 Å². The van der Waals surface area contributed by atoms with E-state index in [1.807, 2.05) is 53.9 Å². The summed E-state index contributed by atoms with van der Waals surface area (Å²) in [4.78, 5) is 16.6. The lowest BCUT2D eigenvalue weighted by Crippen LogP contribution is -2.08. The van der Waals surface area contributed by atoms with Crippen LogP contribution in [0.4, 0.5) is 0 Å². The molecular formula is C19H13ClN2O3S. The lowest BCUT2D eigenvalue weighted by atomic mass is 10.2. The van der Waals surface area contributed by atoms with E-state index in [0.29, 0.717) is 22.0 Å². The normalized spacial score (nSPS) is 11.0. The van der Waals surface area contributed by atoms with E-state index >= 15 is 0 Å². The van der Waals surface area contributed by atoms with Crippen LogP contribution in [0, 0.1) is 0 Å². The maximum absolute atomic E-state index is 12.1. The fourth-order valence-corrected chi connectivity index (χ4v) is 3.44. The molecule has 0 saturated heterocycles. The molecule has 26 heavy (non-hydrogen) atoms. The molecule has 0 unspecified atom stereocenters. The highest BCUT2D eigenvalue weighted by atomic mass is 35.5. The molecule has 2 aromatic carbocycles. The largest absolute Gasteiger partial charge is 0.459 e. The molecule has 4 rings (SSSR count). The van der Waals surface area contributed by atoms with Gasteiger partial charge in [0.25, 0.3) is 0 Å². The van der Waals surface area contributed by atoms with Gasteiger partial charge in [-0.25, -0.2) is 4.98 Å². The Morgan fingerprint density at radius 3 is 2.81 bits per heavy atom. The van der Waals surface area contributed by atoms with Crippen LogP contribution in [0.15, 0.2) is 58.4 Å². The van der Waals surface area contributed by atoms with Crippen molar-refractivity contribution in [1.29, 1.82) is 0 Å². The number of aromatic nitrogens is 2. The lowest BCUT2D eigenvalue weighted by Gasteiger charge is -2.01. The molecule has 0 aliphatic heterocycles. The highest BCUT2D eigenvalue weighted by Gasteiger charge is 2.14. The smallest absolute Gasteiger partial charge is 0.312 e. The Balaban J connectivity index is 1.38. The summed E-state index contributed by atoms with van der Waals surface area (Å²) >= 11 is 7.39. The number of carbonyl (C=O) groups is 1. The molecule has 0 N–H and O–H groups in total. The molecule has 0 fully saturated rings. The summed E-state index contributed by atoms with van der Waals surface area (Å²) in [6.07, 6.45) is 0.0607. The van der Waals surface area contributed by atoms with Gasteiger partial charge in [0.1, 0.15) is 17.3 Å². The maximum Gasteiger partial charge on any atom is 0.312 e. The Labute approximate surface area is 158 Å². The summed E-state index contributed by atoms with van der Waals surface area (Å²) in [6.45, 7) is 0.124. The van der Waals surface area contributed by atoms with Crippen LogP contribution in [0.3, 0.4) is 0 Å². The number of nitrogens with zero attached hydrogens (tertiary/aromatic N) is 2. The molecule has 0 aliphatic rings. The van der Waals surface area contributed by atoms with Gasteiger partial charge in [0, 0.05) is 21.4 Å². The van der Waals surface area contributed by atoms with Crippen molar-refractivity contribution in [2.45, 2.75) is 13.0 Å². The topological polar surface area (TPSA) is 65.2 Å². The van der Waals surface area contributed by atoms with E-state index in [2.05, 4.69) is 10.1 Å². The van der Waals surface area contributed by atoms with E-state index < -0.39 is 0 Å². The number of ether oxygens (including phenoxy) is 1. The predicted octanol–water partition coefficient (Wildman–Crippen LogP) is 4.89. The van der Waals surface area contributed by atoms with E-state index in [-0.39, 0.29) is 19.0 Å². The maximum atomic E-state index is 12.1. The van der Waals surface area contributed by atoms with Gasteiger partial charge in [0.05, 0.1) is 12.1 Å². The number of thiazole rings is 1. The Morgan fingerprint density at radius 1 is 1.15 bits per heavy atom. The molecule has 0 radical (unpaired) electrons. The van der Waals surface area contributed by atoms with Gasteiger partial charge in [-0.05, 0) is 24.3 Å². The number of esters is 1. The first-order chi connectivity index (χ1) is 12.7. The Morgan fingerprint density at radius 2 is 1.96 bits per heavy atom. The molecule has 7 heteroatoms. The first kappa shape index (κ1) is 16.8. The predicted molar refractivity (Wildman–Crippen MR) is 100 cm³/mol. The summed E-state index contributed by atoms with van der Waals surface area (Å²) in [6, 6.07) is 14.9. The standard InChI is InChI=1S/C19H13ClN2O3S/c20-13-7-5-12(6-8-13)19-21-14(11-26-19)10-24-18(23)9-16-15-3-1-2-4-17(15)25-22-16/h1-8,11H,9-10H2. The zero-order valence-electron chi connectivity index (χ0n) is 13.5. The fourth-order valence-electron chi connectivity index (χ4n) is 2.51. The third-order valence-electron chi connectivity index (χ3n) is 3.79. The van der Waals surface area contributed by atoms with Crippen molar-refractivity contribution in [1.82, 2.24) is 10.1 Å². The number of hydrogen-bond acceptors (Lipinski definition) is 6. The van der Waals surface area contributed by atoms with Crippen molar-refractivity contribution >= 4 is 39.9 Å². The zero-order valence-corrected chi connectivity index (χ0v) is 15.1. The SMILES string of the molecule is O=C(Cc1noc2ccccc12)OCc1csc(-c2ccc(Cl)cc2)n1. The van der Waals surface area contributed by atoms with Crippen LogP contribution in [-0.2, 0) is 22.6 Å². The number of benzene rings is 2. The van der Waals surface area contributed by atoms with E-state index in [0.717, 1.165) is 16.0 Å². The van der Waals surface area contributed by atoms with Gasteiger partial charge in [0.15, 0.2) is 5.58 Å². The Bertz CT molecular complexity index is 1060. The summed E-state index contributed by atoms with van der Waals surface area (Å²) < 4.78 is 10.5. The van der Waals surface area contributed by atoms with Crippen LogP contribution < -0.4 is 0 Å². The van der Waals surface area contributed by atoms with Crippen molar-refractivity contribution in [3.8, 4) is 10.6 Å². The molecule has 2 heterocycles. The molecular weight excluding hydrogens is 372 g/mol. The number of para-hydroxylation sites is 1. The van der Waals surface area contributed by atoms with E-state index in [9.17, 15) is 4.79 Å². The molecule has 0 bridgehead atoms. The van der Waals surface area contributed by atoms with Gasteiger partial charge >= 0.3 is 5.97 Å². The van der Waals surface area contributed by atoms with Crippen molar-refractivity contribution in [3.05, 3.63) is 70.3 Å². The summed E-state index contributed by atoms with van der Waals surface area (Å²) in [5, 5.41) is 8.18. The first-order valence-corrected chi connectivity index (χ1v) is 9.14. The summed E-state index contributed by atoms with van der Waals surface area (Å²) in [5.41, 5.74) is 2.91. The average molecular weight is 385 g/mol. The second-order valence-corrected chi connectivity index (χ2v) is 6.91. The summed E-state index contributed by atoms with van der Waals surface area (Å²) in [7, 11) is 0. The minimum absolute atomic E-state index is 0.0607. The number of rotatable bonds is 5. The fraction of sp³-hybridized carbons (Fsp3) is 0.105. The molecule has 130 valence electrons. The van der Waals surface area contributed by atoms with E-state index in [1.54, 1.807) is 0 Å². The molecule has 2 aromatic heterocycles. The molecule has 0 spiro atoms. The van der Waals surface area contributed by atoms with Crippen LogP contribution in [0.5, 0.6) is 0 Å². The molecule has 0 atom stereocenters. The Kier molecular flexibility index (Phi) is 4.69. The number of carbonyl (C=O) groups excluding carboxylic acids is 1. The number of halogens is 1. The highest BCUT2D eigenvalue weighted by Crippen LogP contribution is 2.25. The second-order valence-electron chi connectivity index (χ2n) is 5.61. The van der Waals surface area contributed by atoms with Crippen LogP contribution in [0.25, 0.3) is 21.5 Å². The van der Waals surface area contributed by atoms with Gasteiger partial charge < -0.3 is 9.26 Å². The first-order valence-electron chi connectivity index (χ1n) is 7.88. The lowest BCUT2D eigenvalue weighted by molar-refractivity contribution is -0.144. The highest BCUT2D eigenvalue weighted by molar-refractivity contribution is 7.13. The molecule has 0 saturated carbocycles. The van der Waals surface area contributed by atoms with Gasteiger partial charge in [-0.1, -0.05) is 41.0 Å². The van der Waals surface area contributed by atoms with Crippen LogP contribution in [0.1, 0.15) is 11.4 Å². The van der Waals surface area contributed by atoms with Gasteiger partial charge in [-0.3, -0.25) is 4.79 Å². The molecule has 4 aromatic rings. The number of hydrogen-bond donors (Lipinski definition) is 0. The molecule has 5 nitrogen and oxygen atoms in total. The van der Waals surface area contributed by atoms with Gasteiger partial charge in [-0.15, -0.1) is 11.3 Å². The third-order valence-corrected chi connectivity index (χ3v) is 4.98. The summed E-state index contributed by atoms with van der Waals surface area (Å²) in [5.74, 6) is -0.370. The van der Waals surface area contributed by atoms with Crippen molar-refractivity contribution in [2.75, 3.05) is 0 Å². The Hall–Kier alpha value is -2.70. The quantitative estimate of drug-likeness (QED) is 0.458. The van der Waals surface area contributed by atoms with Crippen molar-refractivity contribution in [3.63, 3.8) is 0 Å². The van der Waals surface area contributed by atoms with Crippen LogP contribution >= 0.6 is 22.9 Å². The van der Waals surface area contributed by atoms with Crippen LogP contribution in [-0.4, -0.2) is 16.1 Å². The third kappa shape index (κ3) is 3.61. The second kappa shape index (κ2) is 7.27. The number of fused-ring (bicyclic) bond motifs is 1. The van der Waals surface area contributed by atoms with Crippen molar-refractivity contribution < 1.29 is 14.1 Å². The average Bonchev–Trinajstić information content (AvgIpc) is 3.28. The minimum Gasteiger partial charge on any atom is -0.459 e. The minimum atomic E-state index is -0.370.